The number of ketones is 1. The van der Waals surface area contributed by atoms with Crippen LogP contribution in [0.1, 0.15) is 57.7 Å². The molecular weight excluding hydrogens is 192 g/mol. The van der Waals surface area contributed by atoms with Gasteiger partial charge >= 0.3 is 0 Å². The normalized spacial score (nSPS) is 12.7. The van der Waals surface area contributed by atoms with Gasteiger partial charge in [0.2, 0.25) is 5.89 Å². The van der Waals surface area contributed by atoms with E-state index in [-0.39, 0.29) is 12.2 Å². The topological polar surface area (TPSA) is 56.0 Å². The van der Waals surface area contributed by atoms with Gasteiger partial charge < -0.3 is 4.52 Å². The monoisotopic (exact) mass is 210 g/mol. The molecule has 0 aliphatic heterocycles. The van der Waals surface area contributed by atoms with E-state index < -0.39 is 0 Å². The smallest absolute Gasteiger partial charge is 0.234 e. The lowest BCUT2D eigenvalue weighted by atomic mass is 10.1. The zero-order valence-corrected chi connectivity index (χ0v) is 9.62. The standard InChI is InChI=1S/C11H18N2O2/c1-4-6-9(14)7-10-12-11(13-15-10)8(3)5-2/h8H,4-7H2,1-3H3. The van der Waals surface area contributed by atoms with Crippen molar-refractivity contribution in [3.63, 3.8) is 0 Å². The number of aromatic nitrogens is 2. The molecule has 0 N–H and O–H groups in total. The molecule has 4 heteroatoms. The van der Waals surface area contributed by atoms with Crippen LogP contribution in [0.5, 0.6) is 0 Å². The van der Waals surface area contributed by atoms with Crippen molar-refractivity contribution < 1.29 is 9.32 Å². The number of rotatable bonds is 6. The number of hydrogen-bond acceptors (Lipinski definition) is 4. The highest BCUT2D eigenvalue weighted by molar-refractivity contribution is 5.79. The van der Waals surface area contributed by atoms with Gasteiger partial charge in [-0.15, -0.1) is 0 Å². The Kier molecular flexibility index (Phi) is 4.46. The van der Waals surface area contributed by atoms with E-state index in [2.05, 4.69) is 17.1 Å². The van der Waals surface area contributed by atoms with Crippen molar-refractivity contribution in [2.75, 3.05) is 0 Å². The lowest BCUT2D eigenvalue weighted by molar-refractivity contribution is -0.118. The van der Waals surface area contributed by atoms with Crippen LogP contribution in [0.25, 0.3) is 0 Å². The fraction of sp³-hybridized carbons (Fsp3) is 0.727. The molecule has 4 nitrogen and oxygen atoms in total. The number of Topliss-reactive ketones (excluding diaryl/α,β-unsaturated/α-hetero) is 1. The Balaban J connectivity index is 2.56. The molecule has 0 radical (unpaired) electrons. The zero-order valence-electron chi connectivity index (χ0n) is 9.62. The third kappa shape index (κ3) is 3.46. The summed E-state index contributed by atoms with van der Waals surface area (Å²) in [6.07, 6.45) is 2.70. The SMILES string of the molecule is CCCC(=O)Cc1nc(C(C)CC)no1. The number of carbonyl (C=O) groups excluding carboxylic acids is 1. The molecule has 0 bridgehead atoms. The first-order valence-corrected chi connectivity index (χ1v) is 5.51. The summed E-state index contributed by atoms with van der Waals surface area (Å²) in [5, 5.41) is 3.86. The molecule has 0 spiro atoms. The quantitative estimate of drug-likeness (QED) is 0.723. The minimum absolute atomic E-state index is 0.164. The highest BCUT2D eigenvalue weighted by atomic mass is 16.5. The molecular formula is C11H18N2O2. The van der Waals surface area contributed by atoms with Gasteiger partial charge in [-0.05, 0) is 12.8 Å². The Morgan fingerprint density at radius 1 is 1.47 bits per heavy atom. The van der Waals surface area contributed by atoms with Crippen molar-refractivity contribution in [1.29, 1.82) is 0 Å². The second kappa shape index (κ2) is 5.63. The minimum atomic E-state index is 0.164. The predicted molar refractivity (Wildman–Crippen MR) is 56.6 cm³/mol. The van der Waals surface area contributed by atoms with Crippen LogP contribution < -0.4 is 0 Å². The average Bonchev–Trinajstić information content (AvgIpc) is 2.65. The average molecular weight is 210 g/mol. The summed E-state index contributed by atoms with van der Waals surface area (Å²) in [5.41, 5.74) is 0. The van der Waals surface area contributed by atoms with Crippen LogP contribution in [0, 0.1) is 0 Å². The molecule has 0 saturated carbocycles. The van der Waals surface area contributed by atoms with E-state index in [1.165, 1.54) is 0 Å². The van der Waals surface area contributed by atoms with E-state index in [1.54, 1.807) is 0 Å². The van der Waals surface area contributed by atoms with Crippen molar-refractivity contribution in [3.05, 3.63) is 11.7 Å². The van der Waals surface area contributed by atoms with Crippen LogP contribution in [0.4, 0.5) is 0 Å². The molecule has 84 valence electrons. The summed E-state index contributed by atoms with van der Waals surface area (Å²) in [5.74, 6) is 1.61. The van der Waals surface area contributed by atoms with Crippen molar-refractivity contribution >= 4 is 5.78 Å². The molecule has 0 aliphatic rings. The molecule has 0 saturated heterocycles. The molecule has 0 fully saturated rings. The molecule has 1 rings (SSSR count). The molecule has 1 aromatic heterocycles. The zero-order chi connectivity index (χ0) is 11.3. The Hall–Kier alpha value is -1.19. The molecule has 0 aromatic carbocycles. The minimum Gasteiger partial charge on any atom is -0.339 e. The van der Waals surface area contributed by atoms with Crippen LogP contribution in [0.2, 0.25) is 0 Å². The lowest BCUT2D eigenvalue weighted by Crippen LogP contribution is -2.02. The highest BCUT2D eigenvalue weighted by Gasteiger charge is 2.13. The fourth-order valence-electron chi connectivity index (χ4n) is 1.26. The maximum absolute atomic E-state index is 11.3. The van der Waals surface area contributed by atoms with Crippen molar-refractivity contribution in [1.82, 2.24) is 10.1 Å². The second-order valence-corrected chi connectivity index (χ2v) is 3.82. The molecule has 1 atom stereocenters. The number of hydrogen-bond donors (Lipinski definition) is 0. The first kappa shape index (κ1) is 11.9. The van der Waals surface area contributed by atoms with Gasteiger partial charge in [-0.2, -0.15) is 4.98 Å². The molecule has 1 heterocycles. The predicted octanol–water partition coefficient (Wildman–Crippen LogP) is 2.49. The van der Waals surface area contributed by atoms with Gasteiger partial charge in [0.25, 0.3) is 0 Å². The Bertz CT molecular complexity index is 320. The number of carbonyl (C=O) groups is 1. The van der Waals surface area contributed by atoms with Crippen LogP contribution in [-0.2, 0) is 11.2 Å². The summed E-state index contributed by atoms with van der Waals surface area (Å²) >= 11 is 0. The molecule has 1 aromatic rings. The van der Waals surface area contributed by atoms with Gasteiger partial charge in [0, 0.05) is 12.3 Å². The van der Waals surface area contributed by atoms with Crippen LogP contribution >= 0.6 is 0 Å². The molecule has 1 unspecified atom stereocenters. The summed E-state index contributed by atoms with van der Waals surface area (Å²) in [7, 11) is 0. The third-order valence-corrected chi connectivity index (χ3v) is 2.41. The van der Waals surface area contributed by atoms with Crippen LogP contribution in [-0.4, -0.2) is 15.9 Å². The van der Waals surface area contributed by atoms with E-state index in [0.717, 1.165) is 12.8 Å². The fourth-order valence-corrected chi connectivity index (χ4v) is 1.26. The summed E-state index contributed by atoms with van der Waals surface area (Å²) in [6.45, 7) is 6.10. The first-order chi connectivity index (χ1) is 7.17. The van der Waals surface area contributed by atoms with E-state index in [1.807, 2.05) is 13.8 Å². The van der Waals surface area contributed by atoms with Gasteiger partial charge in [0.15, 0.2) is 5.82 Å². The van der Waals surface area contributed by atoms with Gasteiger partial charge in [0.05, 0.1) is 6.42 Å². The van der Waals surface area contributed by atoms with Gasteiger partial charge in [-0.3, -0.25) is 4.79 Å². The summed E-state index contributed by atoms with van der Waals surface area (Å²) < 4.78 is 5.02. The largest absolute Gasteiger partial charge is 0.339 e. The Morgan fingerprint density at radius 2 is 2.20 bits per heavy atom. The summed E-state index contributed by atoms with van der Waals surface area (Å²) in [4.78, 5) is 15.5. The van der Waals surface area contributed by atoms with Gasteiger partial charge in [-0.1, -0.05) is 25.9 Å². The van der Waals surface area contributed by atoms with Crippen molar-refractivity contribution in [2.24, 2.45) is 0 Å². The highest BCUT2D eigenvalue weighted by Crippen LogP contribution is 2.15. The lowest BCUT2D eigenvalue weighted by Gasteiger charge is -1.98. The Morgan fingerprint density at radius 3 is 2.80 bits per heavy atom. The van der Waals surface area contributed by atoms with E-state index in [4.69, 9.17) is 4.52 Å². The van der Waals surface area contributed by atoms with Gasteiger partial charge in [-0.25, -0.2) is 0 Å². The van der Waals surface area contributed by atoms with Crippen molar-refractivity contribution in [2.45, 2.75) is 52.4 Å². The van der Waals surface area contributed by atoms with Crippen LogP contribution in [0.3, 0.4) is 0 Å². The van der Waals surface area contributed by atoms with Gasteiger partial charge in [0.1, 0.15) is 5.78 Å². The molecule has 15 heavy (non-hydrogen) atoms. The molecule has 0 aliphatic carbocycles. The first-order valence-electron chi connectivity index (χ1n) is 5.51. The number of nitrogens with zero attached hydrogens (tertiary/aromatic N) is 2. The van der Waals surface area contributed by atoms with E-state index in [0.29, 0.717) is 24.1 Å². The third-order valence-electron chi connectivity index (χ3n) is 2.41. The van der Waals surface area contributed by atoms with Crippen LogP contribution in [0.15, 0.2) is 4.52 Å². The second-order valence-electron chi connectivity index (χ2n) is 3.82. The van der Waals surface area contributed by atoms with Crippen molar-refractivity contribution in [3.8, 4) is 0 Å². The molecule has 0 amide bonds. The Labute approximate surface area is 90.1 Å². The maximum Gasteiger partial charge on any atom is 0.234 e. The summed E-state index contributed by atoms with van der Waals surface area (Å²) in [6, 6.07) is 0. The maximum atomic E-state index is 11.3. The van der Waals surface area contributed by atoms with E-state index in [9.17, 15) is 4.79 Å². The van der Waals surface area contributed by atoms with E-state index >= 15 is 0 Å².